The van der Waals surface area contributed by atoms with E-state index in [1.54, 1.807) is 6.20 Å². The van der Waals surface area contributed by atoms with Crippen LogP contribution in [0.15, 0.2) is 17.3 Å². The summed E-state index contributed by atoms with van der Waals surface area (Å²) < 4.78 is 0. The van der Waals surface area contributed by atoms with Crippen LogP contribution >= 0.6 is 0 Å². The molecule has 8 heavy (non-hydrogen) atoms. The first-order valence-electron chi connectivity index (χ1n) is 2.53. The van der Waals surface area contributed by atoms with E-state index in [0.717, 1.165) is 12.1 Å². The highest BCUT2D eigenvalue weighted by molar-refractivity contribution is 5.99. The second-order valence-corrected chi connectivity index (χ2v) is 1.59. The molecule has 0 fully saturated rings. The van der Waals surface area contributed by atoms with Gasteiger partial charge in [0.2, 0.25) is 0 Å². The number of allylic oxidation sites excluding steroid dienone is 1. The summed E-state index contributed by atoms with van der Waals surface area (Å²) in [6.45, 7) is 0. The number of aliphatic imine (C=N–C) groups is 1. The molecule has 0 aromatic rings. The van der Waals surface area contributed by atoms with Gasteiger partial charge in [0.25, 0.3) is 0 Å². The Hall–Kier alpha value is -1.10. The van der Waals surface area contributed by atoms with E-state index < -0.39 is 0 Å². The maximum Gasteiger partial charge on any atom is 0.0625 e. The zero-order chi connectivity index (χ0) is 5.82. The lowest BCUT2D eigenvalue weighted by Crippen LogP contribution is -1.97. The van der Waals surface area contributed by atoms with Gasteiger partial charge in [-0.15, -0.1) is 0 Å². The highest BCUT2D eigenvalue weighted by Gasteiger charge is 1.97. The Morgan fingerprint density at radius 1 is 1.75 bits per heavy atom. The monoisotopic (exact) mass is 106 g/mol. The molecule has 0 unspecified atom stereocenters. The number of hydrogen-bond donors (Lipinski definition) is 0. The fraction of sp³-hybridized carbons (Fsp3) is 0.333. The van der Waals surface area contributed by atoms with Crippen molar-refractivity contribution < 1.29 is 0 Å². The van der Waals surface area contributed by atoms with Gasteiger partial charge in [0, 0.05) is 24.8 Å². The third-order valence-corrected chi connectivity index (χ3v) is 1.00. The van der Waals surface area contributed by atoms with Crippen molar-refractivity contribution in [3.05, 3.63) is 12.3 Å². The minimum Gasteiger partial charge on any atom is -0.261 e. The van der Waals surface area contributed by atoms with Crippen molar-refractivity contribution in [1.82, 2.24) is 0 Å². The van der Waals surface area contributed by atoms with E-state index in [2.05, 4.69) is 11.1 Å². The molecule has 2 heteroatoms. The van der Waals surface area contributed by atoms with Gasteiger partial charge in [-0.1, -0.05) is 0 Å². The number of nitriles is 1. The molecular formula is C6H6N2. The lowest BCUT2D eigenvalue weighted by atomic mass is 10.2. The molecule has 0 saturated heterocycles. The smallest absolute Gasteiger partial charge is 0.0625 e. The van der Waals surface area contributed by atoms with Crippen LogP contribution in [0.2, 0.25) is 0 Å². The highest BCUT2D eigenvalue weighted by atomic mass is 14.7. The van der Waals surface area contributed by atoms with Gasteiger partial charge in [-0.25, -0.2) is 0 Å². The van der Waals surface area contributed by atoms with Crippen molar-refractivity contribution in [2.75, 3.05) is 0 Å². The number of hydrogen-bond acceptors (Lipinski definition) is 2. The third kappa shape index (κ3) is 0.941. The van der Waals surface area contributed by atoms with E-state index in [1.165, 1.54) is 0 Å². The Morgan fingerprint density at radius 3 is 2.88 bits per heavy atom. The van der Waals surface area contributed by atoms with Gasteiger partial charge in [-0.05, 0) is 6.08 Å². The number of nitrogens with zero attached hydrogens (tertiary/aromatic N) is 2. The fourth-order valence-electron chi connectivity index (χ4n) is 0.512. The van der Waals surface area contributed by atoms with Crippen molar-refractivity contribution in [3.8, 4) is 6.07 Å². The van der Waals surface area contributed by atoms with Gasteiger partial charge in [0.15, 0.2) is 0 Å². The van der Waals surface area contributed by atoms with Crippen molar-refractivity contribution >= 4 is 5.71 Å². The Morgan fingerprint density at radius 2 is 2.50 bits per heavy atom. The average molecular weight is 106 g/mol. The largest absolute Gasteiger partial charge is 0.261 e. The molecule has 0 radical (unpaired) electrons. The van der Waals surface area contributed by atoms with E-state index in [-0.39, 0.29) is 0 Å². The molecular weight excluding hydrogens is 100 g/mol. The van der Waals surface area contributed by atoms with E-state index >= 15 is 0 Å². The summed E-state index contributed by atoms with van der Waals surface area (Å²) in [6.07, 6.45) is 5.07. The minimum absolute atomic E-state index is 0.586. The van der Waals surface area contributed by atoms with Gasteiger partial charge < -0.3 is 0 Å². The van der Waals surface area contributed by atoms with Crippen molar-refractivity contribution in [2.24, 2.45) is 4.99 Å². The predicted octanol–water partition coefficient (Wildman–Crippen LogP) is 1.26. The zero-order valence-corrected chi connectivity index (χ0v) is 4.46. The maximum atomic E-state index is 8.11. The van der Waals surface area contributed by atoms with Gasteiger partial charge in [0.1, 0.15) is 0 Å². The Kier molecular flexibility index (Phi) is 1.43. The van der Waals surface area contributed by atoms with Crippen LogP contribution in [-0.4, -0.2) is 5.71 Å². The van der Waals surface area contributed by atoms with Crippen LogP contribution in [0.4, 0.5) is 0 Å². The molecule has 0 aromatic heterocycles. The second-order valence-electron chi connectivity index (χ2n) is 1.59. The first kappa shape index (κ1) is 5.04. The summed E-state index contributed by atoms with van der Waals surface area (Å²) >= 11 is 0. The van der Waals surface area contributed by atoms with Gasteiger partial charge in [-0.2, -0.15) is 5.26 Å². The maximum absolute atomic E-state index is 8.11. The predicted molar refractivity (Wildman–Crippen MR) is 31.4 cm³/mol. The van der Waals surface area contributed by atoms with E-state index in [1.807, 2.05) is 6.08 Å². The van der Waals surface area contributed by atoms with Gasteiger partial charge in [0.05, 0.1) is 6.07 Å². The lowest BCUT2D eigenvalue weighted by Gasteiger charge is -1.99. The molecule has 1 rings (SSSR count). The molecule has 0 spiro atoms. The summed E-state index contributed by atoms with van der Waals surface area (Å²) in [4.78, 5) is 3.89. The third-order valence-electron chi connectivity index (χ3n) is 1.00. The topological polar surface area (TPSA) is 36.1 Å². The average Bonchev–Trinajstić information content (AvgIpc) is 1.63. The summed E-state index contributed by atoms with van der Waals surface area (Å²) in [7, 11) is 0. The molecule has 0 bridgehead atoms. The second kappa shape index (κ2) is 2.27. The Labute approximate surface area is 48.2 Å². The molecule has 0 aliphatic carbocycles. The van der Waals surface area contributed by atoms with Crippen LogP contribution in [0.1, 0.15) is 12.8 Å². The first-order chi connectivity index (χ1) is 3.93. The summed E-state index contributed by atoms with van der Waals surface area (Å²) in [5, 5.41) is 8.11. The molecule has 0 atom stereocenters. The minimum atomic E-state index is 0.586. The van der Waals surface area contributed by atoms with E-state index in [9.17, 15) is 0 Å². The van der Waals surface area contributed by atoms with Crippen molar-refractivity contribution in [1.29, 1.82) is 5.26 Å². The van der Waals surface area contributed by atoms with Gasteiger partial charge in [-0.3, -0.25) is 4.99 Å². The molecule has 1 heterocycles. The van der Waals surface area contributed by atoms with Crippen LogP contribution in [0.25, 0.3) is 0 Å². The summed E-state index contributed by atoms with van der Waals surface area (Å²) in [6, 6.07) is 2.05. The lowest BCUT2D eigenvalue weighted by molar-refractivity contribution is 1.09. The van der Waals surface area contributed by atoms with Crippen LogP contribution in [0.3, 0.4) is 0 Å². The molecule has 0 saturated carbocycles. The van der Waals surface area contributed by atoms with E-state index in [4.69, 9.17) is 5.26 Å². The van der Waals surface area contributed by atoms with Crippen LogP contribution in [0, 0.1) is 11.3 Å². The zero-order valence-electron chi connectivity index (χ0n) is 4.46. The molecule has 0 aromatic carbocycles. The molecule has 0 N–H and O–H groups in total. The Bertz CT molecular complexity index is 171. The number of rotatable bonds is 2. The van der Waals surface area contributed by atoms with Crippen LogP contribution in [-0.2, 0) is 0 Å². The summed E-state index contributed by atoms with van der Waals surface area (Å²) in [5.74, 6) is 0. The van der Waals surface area contributed by atoms with Crippen LogP contribution in [0.5, 0.6) is 0 Å². The first-order valence-corrected chi connectivity index (χ1v) is 2.53. The molecule has 0 amide bonds. The van der Waals surface area contributed by atoms with E-state index in [0.29, 0.717) is 6.42 Å². The quantitative estimate of drug-likeness (QED) is 0.522. The Balaban J connectivity index is 2.14. The standard InChI is InChI=1S/C6H6N2/c7-4-1-2-6-3-5-8-6/h3,5H,1-2H2. The molecule has 1 aliphatic rings. The SMILES string of the molecule is N#CCCC1=NC=C1. The van der Waals surface area contributed by atoms with Crippen molar-refractivity contribution in [2.45, 2.75) is 12.8 Å². The van der Waals surface area contributed by atoms with Crippen molar-refractivity contribution in [3.63, 3.8) is 0 Å². The fourth-order valence-corrected chi connectivity index (χ4v) is 0.512. The molecule has 2 nitrogen and oxygen atoms in total. The molecule has 40 valence electrons. The summed E-state index contributed by atoms with van der Waals surface area (Å²) in [5.41, 5.74) is 1.05. The molecule has 1 aliphatic heterocycles. The van der Waals surface area contributed by atoms with Gasteiger partial charge >= 0.3 is 0 Å². The highest BCUT2D eigenvalue weighted by Crippen LogP contribution is 2.01. The normalized spacial score (nSPS) is 14.1. The van der Waals surface area contributed by atoms with Crippen LogP contribution < -0.4 is 0 Å².